The predicted molar refractivity (Wildman–Crippen MR) is 93.1 cm³/mol. The summed E-state index contributed by atoms with van der Waals surface area (Å²) in [5.74, 6) is -4.98. The summed E-state index contributed by atoms with van der Waals surface area (Å²) in [6.07, 6.45) is 0. The molecule has 1 aliphatic heterocycles. The van der Waals surface area contributed by atoms with E-state index in [0.717, 1.165) is 11.6 Å². The van der Waals surface area contributed by atoms with Crippen molar-refractivity contribution in [2.45, 2.75) is 20.4 Å². The van der Waals surface area contributed by atoms with E-state index in [9.17, 15) is 22.8 Å². The number of hydrogen-bond donors (Lipinski definition) is 2. The normalized spacial score (nSPS) is 12.6. The van der Waals surface area contributed by atoms with Crippen molar-refractivity contribution in [3.8, 4) is 11.5 Å². The first-order valence-corrected chi connectivity index (χ1v) is 8.32. The van der Waals surface area contributed by atoms with Crippen molar-refractivity contribution in [3.63, 3.8) is 0 Å². The van der Waals surface area contributed by atoms with Gasteiger partial charge in [-0.3, -0.25) is 9.59 Å². The summed E-state index contributed by atoms with van der Waals surface area (Å²) in [5.41, 5.74) is -1.44. The smallest absolute Gasteiger partial charge is 0.239 e. The molecule has 3 rings (SSSR count). The Morgan fingerprint density at radius 1 is 1.00 bits per heavy atom. The molecule has 0 fully saturated rings. The topological polar surface area (TPSA) is 76.7 Å². The number of hydrogen-bond acceptors (Lipinski definition) is 4. The Hall–Kier alpha value is -3.23. The highest BCUT2D eigenvalue weighted by molar-refractivity contribution is 6.09. The first-order chi connectivity index (χ1) is 13.2. The van der Waals surface area contributed by atoms with Crippen LogP contribution in [0.15, 0.2) is 30.3 Å². The lowest BCUT2D eigenvalue weighted by Crippen LogP contribution is -2.45. The van der Waals surface area contributed by atoms with E-state index in [1.54, 1.807) is 18.2 Å². The molecule has 0 radical (unpaired) electrons. The second kappa shape index (κ2) is 7.41. The van der Waals surface area contributed by atoms with Crippen LogP contribution in [0.25, 0.3) is 0 Å². The maximum Gasteiger partial charge on any atom is 0.239 e. The molecular weight excluding hydrogens is 377 g/mol. The Bertz CT molecular complexity index is 947. The summed E-state index contributed by atoms with van der Waals surface area (Å²) in [6.45, 7) is 2.90. The van der Waals surface area contributed by atoms with Gasteiger partial charge in [-0.1, -0.05) is 6.07 Å². The van der Waals surface area contributed by atoms with Gasteiger partial charge in [0.15, 0.2) is 29.0 Å². The van der Waals surface area contributed by atoms with Crippen LogP contribution >= 0.6 is 0 Å². The van der Waals surface area contributed by atoms with Gasteiger partial charge >= 0.3 is 0 Å². The van der Waals surface area contributed by atoms with Crippen LogP contribution in [-0.4, -0.2) is 18.6 Å². The Balaban J connectivity index is 1.65. The zero-order valence-corrected chi connectivity index (χ0v) is 15.1. The summed E-state index contributed by atoms with van der Waals surface area (Å²) in [5, 5.41) is 4.72. The monoisotopic (exact) mass is 394 g/mol. The van der Waals surface area contributed by atoms with E-state index in [1.165, 1.54) is 13.8 Å². The Labute approximate surface area is 158 Å². The first kappa shape index (κ1) is 19.5. The zero-order chi connectivity index (χ0) is 20.5. The molecular formula is C19H17F3N2O4. The molecule has 1 heterocycles. The number of rotatable bonds is 5. The number of anilines is 1. The number of halogens is 3. The summed E-state index contributed by atoms with van der Waals surface area (Å²) in [6, 6.07) is 6.70. The Morgan fingerprint density at radius 2 is 1.71 bits per heavy atom. The fourth-order valence-corrected chi connectivity index (χ4v) is 2.46. The number of nitrogens with one attached hydrogen (secondary N) is 2. The van der Waals surface area contributed by atoms with Gasteiger partial charge in [-0.15, -0.1) is 0 Å². The number of carbonyl (C=O) groups excluding carboxylic acids is 2. The van der Waals surface area contributed by atoms with Crippen LogP contribution in [0.5, 0.6) is 11.5 Å². The summed E-state index contributed by atoms with van der Waals surface area (Å²) in [4.78, 5) is 24.9. The lowest BCUT2D eigenvalue weighted by molar-refractivity contribution is -0.138. The maximum absolute atomic E-state index is 13.7. The molecule has 1 aliphatic rings. The third kappa shape index (κ3) is 3.73. The molecule has 2 amide bonds. The average molecular weight is 394 g/mol. The predicted octanol–water partition coefficient (Wildman–Crippen LogP) is 3.11. The van der Waals surface area contributed by atoms with Crippen molar-refractivity contribution in [1.29, 1.82) is 0 Å². The lowest BCUT2D eigenvalue weighted by Gasteiger charge is -2.23. The van der Waals surface area contributed by atoms with Crippen molar-refractivity contribution in [2.24, 2.45) is 5.41 Å². The summed E-state index contributed by atoms with van der Waals surface area (Å²) in [7, 11) is 0. The lowest BCUT2D eigenvalue weighted by atomic mass is 9.90. The van der Waals surface area contributed by atoms with Crippen LogP contribution in [0.1, 0.15) is 19.4 Å². The molecule has 0 bridgehead atoms. The van der Waals surface area contributed by atoms with E-state index >= 15 is 0 Å². The quantitative estimate of drug-likeness (QED) is 0.604. The Morgan fingerprint density at radius 3 is 2.46 bits per heavy atom. The van der Waals surface area contributed by atoms with E-state index in [4.69, 9.17) is 9.47 Å². The van der Waals surface area contributed by atoms with Crippen LogP contribution in [0.3, 0.4) is 0 Å². The van der Waals surface area contributed by atoms with Gasteiger partial charge in [-0.2, -0.15) is 0 Å². The molecule has 2 aromatic carbocycles. The molecule has 2 aromatic rings. The van der Waals surface area contributed by atoms with Gasteiger partial charge in [-0.25, -0.2) is 13.2 Å². The molecule has 9 heteroatoms. The zero-order valence-electron chi connectivity index (χ0n) is 15.1. The van der Waals surface area contributed by atoms with E-state index < -0.39 is 40.4 Å². The molecule has 0 aliphatic carbocycles. The third-order valence-electron chi connectivity index (χ3n) is 4.31. The summed E-state index contributed by atoms with van der Waals surface area (Å²) >= 11 is 0. The molecule has 148 valence electrons. The van der Waals surface area contributed by atoms with Gasteiger partial charge in [0.25, 0.3) is 0 Å². The number of carbonyl (C=O) groups is 2. The maximum atomic E-state index is 13.7. The first-order valence-electron chi connectivity index (χ1n) is 8.32. The molecule has 0 aromatic heterocycles. The Kier molecular flexibility index (Phi) is 5.17. The molecule has 6 nitrogen and oxygen atoms in total. The third-order valence-corrected chi connectivity index (χ3v) is 4.31. The van der Waals surface area contributed by atoms with Crippen LogP contribution in [-0.2, 0) is 16.1 Å². The number of benzene rings is 2. The van der Waals surface area contributed by atoms with Crippen molar-refractivity contribution in [3.05, 3.63) is 53.3 Å². The minimum Gasteiger partial charge on any atom is -0.454 e. The number of ether oxygens (including phenoxy) is 2. The molecule has 0 spiro atoms. The fourth-order valence-electron chi connectivity index (χ4n) is 2.46. The molecule has 2 N–H and O–H groups in total. The van der Waals surface area contributed by atoms with E-state index in [0.29, 0.717) is 17.6 Å². The highest BCUT2D eigenvalue weighted by Crippen LogP contribution is 2.32. The van der Waals surface area contributed by atoms with Crippen LogP contribution in [0.2, 0.25) is 0 Å². The minimum atomic E-state index is -1.71. The van der Waals surface area contributed by atoms with Crippen molar-refractivity contribution in [1.82, 2.24) is 5.32 Å². The molecule has 0 saturated carbocycles. The van der Waals surface area contributed by atoms with Crippen LogP contribution < -0.4 is 20.1 Å². The van der Waals surface area contributed by atoms with E-state index in [1.807, 2.05) is 0 Å². The van der Waals surface area contributed by atoms with Crippen molar-refractivity contribution < 1.29 is 32.2 Å². The minimum absolute atomic E-state index is 0.117. The van der Waals surface area contributed by atoms with Crippen LogP contribution in [0, 0.1) is 22.9 Å². The average Bonchev–Trinajstić information content (AvgIpc) is 3.14. The van der Waals surface area contributed by atoms with E-state index in [-0.39, 0.29) is 13.3 Å². The van der Waals surface area contributed by atoms with Gasteiger partial charge in [0.1, 0.15) is 5.41 Å². The SMILES string of the molecule is CC(C)(C(=O)NCc1ccc2c(c1)OCO2)C(=O)Nc1ccc(F)c(F)c1F. The van der Waals surface area contributed by atoms with E-state index in [2.05, 4.69) is 10.6 Å². The standard InChI is InChI=1S/C19H17F3N2O4/c1-19(2,18(26)24-12-5-4-11(20)15(21)16(12)22)17(25)23-8-10-3-6-13-14(7-10)28-9-27-13/h3-7H,8-9H2,1-2H3,(H,23,25)(H,24,26). The molecule has 0 unspecified atom stereocenters. The largest absolute Gasteiger partial charge is 0.454 e. The summed E-state index contributed by atoms with van der Waals surface area (Å²) < 4.78 is 50.5. The van der Waals surface area contributed by atoms with Gasteiger partial charge in [0, 0.05) is 6.54 Å². The molecule has 28 heavy (non-hydrogen) atoms. The van der Waals surface area contributed by atoms with Gasteiger partial charge in [0.05, 0.1) is 5.69 Å². The van der Waals surface area contributed by atoms with Gasteiger partial charge in [0.2, 0.25) is 18.6 Å². The second-order valence-electron chi connectivity index (χ2n) is 6.67. The number of amides is 2. The fraction of sp³-hybridized carbons (Fsp3) is 0.263. The van der Waals surface area contributed by atoms with Crippen LogP contribution in [0.4, 0.5) is 18.9 Å². The highest BCUT2D eigenvalue weighted by Gasteiger charge is 2.36. The highest BCUT2D eigenvalue weighted by atomic mass is 19.2. The number of fused-ring (bicyclic) bond motifs is 1. The van der Waals surface area contributed by atoms with Gasteiger partial charge < -0.3 is 20.1 Å². The molecule has 0 atom stereocenters. The van der Waals surface area contributed by atoms with Crippen molar-refractivity contribution in [2.75, 3.05) is 12.1 Å². The van der Waals surface area contributed by atoms with Crippen molar-refractivity contribution >= 4 is 17.5 Å². The van der Waals surface area contributed by atoms with Gasteiger partial charge in [-0.05, 0) is 43.7 Å². The molecule has 0 saturated heterocycles. The second-order valence-corrected chi connectivity index (χ2v) is 6.67.